The Morgan fingerprint density at radius 1 is 1.18 bits per heavy atom. The third kappa shape index (κ3) is 4.31. The Morgan fingerprint density at radius 3 is 2.61 bits per heavy atom. The number of carbonyl (C=O) groups is 3. The minimum Gasteiger partial charge on any atom is -0.462 e. The van der Waals surface area contributed by atoms with Crippen molar-refractivity contribution >= 4 is 34.8 Å². The van der Waals surface area contributed by atoms with Crippen molar-refractivity contribution in [2.75, 3.05) is 28.7 Å². The van der Waals surface area contributed by atoms with Crippen molar-refractivity contribution in [3.63, 3.8) is 0 Å². The van der Waals surface area contributed by atoms with E-state index in [0.29, 0.717) is 29.2 Å². The number of hydrogen-bond donors (Lipinski definition) is 2. The van der Waals surface area contributed by atoms with Gasteiger partial charge >= 0.3 is 5.97 Å². The summed E-state index contributed by atoms with van der Waals surface area (Å²) in [6.45, 7) is 3.99. The molecule has 7 heteroatoms. The topological polar surface area (TPSA) is 87.7 Å². The van der Waals surface area contributed by atoms with Crippen LogP contribution in [0.5, 0.6) is 0 Å². The third-order valence-electron chi connectivity index (χ3n) is 4.47. The second kappa shape index (κ2) is 8.56. The molecule has 1 aliphatic rings. The molecule has 3 rings (SSSR count). The van der Waals surface area contributed by atoms with Gasteiger partial charge in [-0.15, -0.1) is 0 Å². The summed E-state index contributed by atoms with van der Waals surface area (Å²) in [6, 6.07) is 13.8. The van der Waals surface area contributed by atoms with Crippen molar-refractivity contribution in [3.05, 3.63) is 54.1 Å². The predicted molar refractivity (Wildman–Crippen MR) is 108 cm³/mol. The lowest BCUT2D eigenvalue weighted by Gasteiger charge is -2.28. The fourth-order valence-corrected chi connectivity index (χ4v) is 3.17. The highest BCUT2D eigenvalue weighted by Crippen LogP contribution is 2.31. The fourth-order valence-electron chi connectivity index (χ4n) is 3.17. The number of esters is 1. The maximum Gasteiger partial charge on any atom is 0.338 e. The van der Waals surface area contributed by atoms with Crippen molar-refractivity contribution < 1.29 is 19.1 Å². The minimum absolute atomic E-state index is 0.0611. The SMILES string of the molecule is CCOC(=O)c1ccc(NCC(=O)N2c3ccccc3NC(=O)CC2C)cc1. The van der Waals surface area contributed by atoms with Crippen molar-refractivity contribution in [2.45, 2.75) is 26.3 Å². The van der Waals surface area contributed by atoms with E-state index in [1.54, 1.807) is 42.2 Å². The van der Waals surface area contributed by atoms with Crippen molar-refractivity contribution in [2.24, 2.45) is 0 Å². The highest BCUT2D eigenvalue weighted by molar-refractivity contribution is 6.05. The fraction of sp³-hybridized carbons (Fsp3) is 0.286. The first-order valence-corrected chi connectivity index (χ1v) is 9.21. The molecule has 0 bridgehead atoms. The monoisotopic (exact) mass is 381 g/mol. The number of para-hydroxylation sites is 2. The Morgan fingerprint density at radius 2 is 1.89 bits per heavy atom. The van der Waals surface area contributed by atoms with Gasteiger partial charge in [0, 0.05) is 18.2 Å². The number of rotatable bonds is 5. The van der Waals surface area contributed by atoms with E-state index in [2.05, 4.69) is 10.6 Å². The summed E-state index contributed by atoms with van der Waals surface area (Å²) in [5.41, 5.74) is 2.49. The van der Waals surface area contributed by atoms with Crippen molar-refractivity contribution in [1.82, 2.24) is 0 Å². The van der Waals surface area contributed by atoms with Gasteiger partial charge in [0.05, 0.1) is 30.1 Å². The number of fused-ring (bicyclic) bond motifs is 1. The zero-order valence-electron chi connectivity index (χ0n) is 15.9. The maximum absolute atomic E-state index is 12.9. The summed E-state index contributed by atoms with van der Waals surface area (Å²) in [6.07, 6.45) is 0.231. The number of carbonyl (C=O) groups excluding carboxylic acids is 3. The Balaban J connectivity index is 1.70. The first kappa shape index (κ1) is 19.4. The second-order valence-electron chi connectivity index (χ2n) is 6.53. The largest absolute Gasteiger partial charge is 0.462 e. The summed E-state index contributed by atoms with van der Waals surface area (Å²) < 4.78 is 4.96. The van der Waals surface area contributed by atoms with Crippen LogP contribution in [0.2, 0.25) is 0 Å². The van der Waals surface area contributed by atoms with E-state index in [-0.39, 0.29) is 36.8 Å². The van der Waals surface area contributed by atoms with E-state index in [9.17, 15) is 14.4 Å². The standard InChI is InChI=1S/C21H23N3O4/c1-3-28-21(27)15-8-10-16(11-9-15)22-13-20(26)24-14(2)12-19(25)23-17-6-4-5-7-18(17)24/h4-11,14,22H,3,12-13H2,1-2H3,(H,23,25). The molecule has 7 nitrogen and oxygen atoms in total. The van der Waals surface area contributed by atoms with Crippen LogP contribution in [0.1, 0.15) is 30.6 Å². The van der Waals surface area contributed by atoms with Crippen LogP contribution in [0.25, 0.3) is 0 Å². The van der Waals surface area contributed by atoms with Gasteiger partial charge in [-0.2, -0.15) is 0 Å². The lowest BCUT2D eigenvalue weighted by Crippen LogP contribution is -2.42. The molecule has 0 radical (unpaired) electrons. The first-order chi connectivity index (χ1) is 13.5. The molecule has 0 saturated carbocycles. The number of ether oxygens (including phenoxy) is 1. The van der Waals surface area contributed by atoms with Gasteiger partial charge in [0.25, 0.3) is 0 Å². The molecule has 2 aromatic rings. The number of anilines is 3. The van der Waals surface area contributed by atoms with Crippen LogP contribution in [-0.4, -0.2) is 37.0 Å². The average Bonchev–Trinajstić information content (AvgIpc) is 2.81. The number of benzene rings is 2. The molecule has 1 atom stereocenters. The normalized spacial score (nSPS) is 15.9. The van der Waals surface area contributed by atoms with Gasteiger partial charge in [0.1, 0.15) is 0 Å². The summed E-state index contributed by atoms with van der Waals surface area (Å²) in [4.78, 5) is 38.3. The molecule has 28 heavy (non-hydrogen) atoms. The minimum atomic E-state index is -0.378. The van der Waals surface area contributed by atoms with E-state index in [1.807, 2.05) is 25.1 Å². The van der Waals surface area contributed by atoms with Gasteiger partial charge in [-0.25, -0.2) is 4.79 Å². The molecule has 0 spiro atoms. The first-order valence-electron chi connectivity index (χ1n) is 9.21. The molecule has 146 valence electrons. The van der Waals surface area contributed by atoms with E-state index >= 15 is 0 Å². The molecule has 0 aliphatic carbocycles. The number of nitrogens with one attached hydrogen (secondary N) is 2. The Hall–Kier alpha value is -3.35. The Kier molecular flexibility index (Phi) is 5.93. The maximum atomic E-state index is 12.9. The van der Waals surface area contributed by atoms with Crippen LogP contribution in [-0.2, 0) is 14.3 Å². The number of nitrogens with zero attached hydrogens (tertiary/aromatic N) is 1. The zero-order valence-corrected chi connectivity index (χ0v) is 15.9. The van der Waals surface area contributed by atoms with Crippen LogP contribution in [0, 0.1) is 0 Å². The average molecular weight is 381 g/mol. The van der Waals surface area contributed by atoms with E-state index < -0.39 is 0 Å². The summed E-state index contributed by atoms with van der Waals surface area (Å²) in [7, 11) is 0. The quantitative estimate of drug-likeness (QED) is 0.778. The second-order valence-corrected chi connectivity index (χ2v) is 6.53. The molecule has 1 heterocycles. The van der Waals surface area contributed by atoms with E-state index in [4.69, 9.17) is 4.74 Å². The molecular formula is C21H23N3O4. The predicted octanol–water partition coefficient (Wildman–Crippen LogP) is 3.04. The summed E-state index contributed by atoms with van der Waals surface area (Å²) in [5.74, 6) is -0.638. The van der Waals surface area contributed by atoms with E-state index in [1.165, 1.54) is 0 Å². The lowest BCUT2D eigenvalue weighted by molar-refractivity contribution is -0.118. The van der Waals surface area contributed by atoms with Gasteiger partial charge in [0.2, 0.25) is 11.8 Å². The molecule has 2 aromatic carbocycles. The van der Waals surface area contributed by atoms with Crippen LogP contribution in [0.3, 0.4) is 0 Å². The van der Waals surface area contributed by atoms with E-state index in [0.717, 1.165) is 0 Å². The van der Waals surface area contributed by atoms with Crippen molar-refractivity contribution in [3.8, 4) is 0 Å². The van der Waals surface area contributed by atoms with Crippen LogP contribution in [0.15, 0.2) is 48.5 Å². The zero-order chi connectivity index (χ0) is 20.1. The molecular weight excluding hydrogens is 358 g/mol. The molecule has 1 aliphatic heterocycles. The lowest BCUT2D eigenvalue weighted by atomic mass is 10.1. The molecule has 2 amide bonds. The highest BCUT2D eigenvalue weighted by Gasteiger charge is 2.29. The number of amides is 2. The Bertz CT molecular complexity index is 879. The molecule has 0 fully saturated rings. The van der Waals surface area contributed by atoms with Gasteiger partial charge < -0.3 is 20.3 Å². The molecule has 0 aromatic heterocycles. The summed E-state index contributed by atoms with van der Waals surface area (Å²) >= 11 is 0. The smallest absolute Gasteiger partial charge is 0.338 e. The van der Waals surface area contributed by atoms with Gasteiger partial charge in [0.15, 0.2) is 0 Å². The Labute approximate surface area is 163 Å². The highest BCUT2D eigenvalue weighted by atomic mass is 16.5. The van der Waals surface area contributed by atoms with Crippen LogP contribution < -0.4 is 15.5 Å². The van der Waals surface area contributed by atoms with Gasteiger partial charge in [-0.1, -0.05) is 12.1 Å². The molecule has 1 unspecified atom stereocenters. The molecule has 0 saturated heterocycles. The van der Waals surface area contributed by atoms with Gasteiger partial charge in [-0.3, -0.25) is 9.59 Å². The van der Waals surface area contributed by atoms with Crippen LogP contribution in [0.4, 0.5) is 17.1 Å². The molecule has 2 N–H and O–H groups in total. The summed E-state index contributed by atoms with van der Waals surface area (Å²) in [5, 5.41) is 5.92. The van der Waals surface area contributed by atoms with Gasteiger partial charge in [-0.05, 0) is 50.2 Å². The van der Waals surface area contributed by atoms with Crippen LogP contribution >= 0.6 is 0 Å². The number of hydrogen-bond acceptors (Lipinski definition) is 5. The third-order valence-corrected chi connectivity index (χ3v) is 4.47. The van der Waals surface area contributed by atoms with Crippen molar-refractivity contribution in [1.29, 1.82) is 0 Å².